The molecule has 6 heteroatoms. The molecule has 0 aliphatic carbocycles. The highest BCUT2D eigenvalue weighted by molar-refractivity contribution is 7.18. The molecule has 0 bridgehead atoms. The largest absolute Gasteiger partial charge is 0.366 e. The Balaban J connectivity index is 1.57. The predicted molar refractivity (Wildman–Crippen MR) is 88.3 cm³/mol. The highest BCUT2D eigenvalue weighted by atomic mass is 32.1. The highest BCUT2D eigenvalue weighted by Gasteiger charge is 2.25. The van der Waals surface area contributed by atoms with Crippen molar-refractivity contribution >= 4 is 27.5 Å². The van der Waals surface area contributed by atoms with E-state index >= 15 is 0 Å². The fraction of sp³-hybridized carbons (Fsp3) is 0.500. The van der Waals surface area contributed by atoms with Gasteiger partial charge in [0.05, 0.1) is 21.8 Å². The van der Waals surface area contributed by atoms with Gasteiger partial charge in [0.15, 0.2) is 0 Å². The molecule has 0 unspecified atom stereocenters. The van der Waals surface area contributed by atoms with Crippen LogP contribution in [-0.4, -0.2) is 55.2 Å². The van der Waals surface area contributed by atoms with Gasteiger partial charge < -0.3 is 15.0 Å². The van der Waals surface area contributed by atoms with E-state index in [0.29, 0.717) is 19.7 Å². The standard InChI is InChI=1S/C16H21N3O2S/c1-11(16-18-12-5-3-4-6-14(12)22-16)9-17-15(20)13-10-19(2)7-8-21-13/h3-6,11,13H,7-10H2,1-2H3,(H,17,20)/t11-,13-/m1/s1. The molecule has 1 fully saturated rings. The van der Waals surface area contributed by atoms with Crippen LogP contribution in [0, 0.1) is 0 Å². The third-order valence-corrected chi connectivity index (χ3v) is 5.14. The SMILES string of the molecule is C[C@H](CNC(=O)[C@H]1CN(C)CCO1)c1nc2ccccc2s1. The molecule has 0 saturated carbocycles. The molecule has 1 aliphatic heterocycles. The van der Waals surface area contributed by atoms with Crippen LogP contribution in [0.25, 0.3) is 10.2 Å². The summed E-state index contributed by atoms with van der Waals surface area (Å²) >= 11 is 1.69. The van der Waals surface area contributed by atoms with Gasteiger partial charge in [0.25, 0.3) is 0 Å². The van der Waals surface area contributed by atoms with Crippen LogP contribution in [0.15, 0.2) is 24.3 Å². The lowest BCUT2D eigenvalue weighted by Crippen LogP contribution is -2.48. The molecule has 1 saturated heterocycles. The van der Waals surface area contributed by atoms with Gasteiger partial charge in [0, 0.05) is 25.6 Å². The van der Waals surface area contributed by atoms with Crippen LogP contribution in [0.5, 0.6) is 0 Å². The van der Waals surface area contributed by atoms with E-state index in [1.807, 2.05) is 25.2 Å². The fourth-order valence-electron chi connectivity index (χ4n) is 2.49. The quantitative estimate of drug-likeness (QED) is 0.934. The van der Waals surface area contributed by atoms with E-state index in [-0.39, 0.29) is 17.9 Å². The van der Waals surface area contributed by atoms with E-state index in [2.05, 4.69) is 28.2 Å². The van der Waals surface area contributed by atoms with Crippen molar-refractivity contribution in [1.82, 2.24) is 15.2 Å². The number of hydrogen-bond donors (Lipinski definition) is 1. The predicted octanol–water partition coefficient (Wildman–Crippen LogP) is 1.85. The second-order valence-electron chi connectivity index (χ2n) is 5.79. The summed E-state index contributed by atoms with van der Waals surface area (Å²) in [6, 6.07) is 8.11. The van der Waals surface area contributed by atoms with Crippen molar-refractivity contribution in [3.63, 3.8) is 0 Å². The number of carbonyl (C=O) groups is 1. The van der Waals surface area contributed by atoms with Gasteiger partial charge in [-0.25, -0.2) is 4.98 Å². The van der Waals surface area contributed by atoms with Gasteiger partial charge >= 0.3 is 0 Å². The van der Waals surface area contributed by atoms with Crippen molar-refractivity contribution in [2.75, 3.05) is 33.3 Å². The monoisotopic (exact) mass is 319 g/mol. The molecule has 2 aromatic rings. The lowest BCUT2D eigenvalue weighted by Gasteiger charge is -2.29. The van der Waals surface area contributed by atoms with E-state index in [1.54, 1.807) is 11.3 Å². The first-order valence-electron chi connectivity index (χ1n) is 7.57. The van der Waals surface area contributed by atoms with Crippen LogP contribution in [0.3, 0.4) is 0 Å². The Kier molecular flexibility index (Phi) is 4.71. The number of thiazole rings is 1. The fourth-order valence-corrected chi connectivity index (χ4v) is 3.51. The molecule has 2 atom stereocenters. The molecular weight excluding hydrogens is 298 g/mol. The maximum atomic E-state index is 12.2. The first kappa shape index (κ1) is 15.4. The van der Waals surface area contributed by atoms with Crippen molar-refractivity contribution < 1.29 is 9.53 Å². The first-order valence-corrected chi connectivity index (χ1v) is 8.38. The van der Waals surface area contributed by atoms with Gasteiger partial charge in [-0.05, 0) is 19.2 Å². The molecule has 1 amide bonds. The minimum Gasteiger partial charge on any atom is -0.366 e. The number of para-hydroxylation sites is 1. The average Bonchev–Trinajstić information content (AvgIpc) is 2.96. The molecule has 1 aliphatic rings. The van der Waals surface area contributed by atoms with Gasteiger partial charge in [-0.3, -0.25) is 4.79 Å². The zero-order valence-corrected chi connectivity index (χ0v) is 13.7. The normalized spacial score (nSPS) is 20.9. The number of rotatable bonds is 4. The molecule has 3 rings (SSSR count). The van der Waals surface area contributed by atoms with Crippen LogP contribution in [0.2, 0.25) is 0 Å². The number of fused-ring (bicyclic) bond motifs is 1. The Hall–Kier alpha value is -1.50. The molecule has 1 aromatic carbocycles. The Morgan fingerprint density at radius 2 is 2.36 bits per heavy atom. The second-order valence-corrected chi connectivity index (χ2v) is 6.85. The topological polar surface area (TPSA) is 54.5 Å². The zero-order chi connectivity index (χ0) is 15.5. The third-order valence-electron chi connectivity index (χ3n) is 3.88. The van der Waals surface area contributed by atoms with Crippen molar-refractivity contribution in [1.29, 1.82) is 0 Å². The summed E-state index contributed by atoms with van der Waals surface area (Å²) in [6.07, 6.45) is -0.360. The number of carbonyl (C=O) groups excluding carboxylic acids is 1. The van der Waals surface area contributed by atoms with E-state index in [0.717, 1.165) is 17.1 Å². The highest BCUT2D eigenvalue weighted by Crippen LogP contribution is 2.26. The van der Waals surface area contributed by atoms with E-state index < -0.39 is 0 Å². The maximum absolute atomic E-state index is 12.2. The lowest BCUT2D eigenvalue weighted by atomic mass is 10.2. The average molecular weight is 319 g/mol. The number of aromatic nitrogens is 1. The lowest BCUT2D eigenvalue weighted by molar-refractivity contribution is -0.137. The van der Waals surface area contributed by atoms with E-state index in [9.17, 15) is 4.79 Å². The van der Waals surface area contributed by atoms with Gasteiger partial charge in [0.1, 0.15) is 6.10 Å². The first-order chi connectivity index (χ1) is 10.6. The van der Waals surface area contributed by atoms with Crippen LogP contribution < -0.4 is 5.32 Å². The second kappa shape index (κ2) is 6.73. The van der Waals surface area contributed by atoms with Crippen LogP contribution in [-0.2, 0) is 9.53 Å². The summed E-state index contributed by atoms with van der Waals surface area (Å²) in [4.78, 5) is 18.9. The summed E-state index contributed by atoms with van der Waals surface area (Å²) in [6.45, 7) is 4.82. The van der Waals surface area contributed by atoms with Crippen LogP contribution >= 0.6 is 11.3 Å². The maximum Gasteiger partial charge on any atom is 0.250 e. The van der Waals surface area contributed by atoms with Gasteiger partial charge in [-0.15, -0.1) is 11.3 Å². The Bertz CT molecular complexity index is 625. The summed E-state index contributed by atoms with van der Waals surface area (Å²) in [5, 5.41) is 4.05. The molecule has 2 heterocycles. The molecule has 5 nitrogen and oxygen atoms in total. The summed E-state index contributed by atoms with van der Waals surface area (Å²) in [5.74, 6) is 0.169. The summed E-state index contributed by atoms with van der Waals surface area (Å²) in [5.41, 5.74) is 1.03. The Morgan fingerprint density at radius 3 is 3.14 bits per heavy atom. The van der Waals surface area contributed by atoms with Crippen molar-refractivity contribution in [3.05, 3.63) is 29.3 Å². The van der Waals surface area contributed by atoms with Gasteiger partial charge in [0.2, 0.25) is 5.91 Å². The number of ether oxygens (including phenoxy) is 1. The molecule has 0 spiro atoms. The molecular formula is C16H21N3O2S. The molecule has 1 aromatic heterocycles. The molecule has 118 valence electrons. The Labute approximate surface area is 134 Å². The van der Waals surface area contributed by atoms with Gasteiger partial charge in [-0.1, -0.05) is 19.1 Å². The van der Waals surface area contributed by atoms with E-state index in [4.69, 9.17) is 4.74 Å². The van der Waals surface area contributed by atoms with Crippen LogP contribution in [0.1, 0.15) is 17.8 Å². The summed E-state index contributed by atoms with van der Waals surface area (Å²) < 4.78 is 6.72. The summed E-state index contributed by atoms with van der Waals surface area (Å²) in [7, 11) is 2.01. The Morgan fingerprint density at radius 1 is 1.55 bits per heavy atom. The zero-order valence-electron chi connectivity index (χ0n) is 12.9. The molecule has 1 N–H and O–H groups in total. The number of benzene rings is 1. The number of amides is 1. The number of nitrogens with one attached hydrogen (secondary N) is 1. The minimum absolute atomic E-state index is 0.0282. The molecule has 0 radical (unpaired) electrons. The minimum atomic E-state index is -0.360. The number of morpholine rings is 1. The van der Waals surface area contributed by atoms with Gasteiger partial charge in [-0.2, -0.15) is 0 Å². The van der Waals surface area contributed by atoms with Crippen molar-refractivity contribution in [2.24, 2.45) is 0 Å². The molecule has 22 heavy (non-hydrogen) atoms. The number of nitrogens with zero attached hydrogens (tertiary/aromatic N) is 2. The van der Waals surface area contributed by atoms with Crippen molar-refractivity contribution in [3.8, 4) is 0 Å². The number of hydrogen-bond acceptors (Lipinski definition) is 5. The van der Waals surface area contributed by atoms with Crippen LogP contribution in [0.4, 0.5) is 0 Å². The number of likely N-dealkylation sites (N-methyl/N-ethyl adjacent to an activating group) is 1. The van der Waals surface area contributed by atoms with E-state index in [1.165, 1.54) is 4.70 Å². The smallest absolute Gasteiger partial charge is 0.250 e. The third kappa shape index (κ3) is 3.45. The van der Waals surface area contributed by atoms with Crippen molar-refractivity contribution in [2.45, 2.75) is 18.9 Å².